The zero-order chi connectivity index (χ0) is 22.6. The van der Waals surface area contributed by atoms with Crippen LogP contribution < -0.4 is 0 Å². The number of halogens is 1. The number of ether oxygens (including phenoxy) is 1. The maximum atomic E-state index is 13.8. The van der Waals surface area contributed by atoms with E-state index in [0.717, 1.165) is 17.5 Å². The molecule has 2 aliphatic heterocycles. The number of aromatic nitrogens is 1. The van der Waals surface area contributed by atoms with Gasteiger partial charge in [-0.2, -0.15) is 0 Å². The molecule has 1 aromatic carbocycles. The van der Waals surface area contributed by atoms with Crippen LogP contribution in [0.3, 0.4) is 0 Å². The lowest BCUT2D eigenvalue weighted by atomic mass is 9.84. The third kappa shape index (κ3) is 4.05. The fraction of sp³-hybridized carbons (Fsp3) is 0.478. The fourth-order valence-corrected chi connectivity index (χ4v) is 7.21. The normalized spacial score (nSPS) is 25.6. The molecule has 2 bridgehead atoms. The Bertz CT molecular complexity index is 1080. The molecule has 2 fully saturated rings. The fourth-order valence-electron chi connectivity index (χ4n) is 4.87. The Balaban J connectivity index is 1.80. The predicted octanol–water partition coefficient (Wildman–Crippen LogP) is 4.75. The van der Waals surface area contributed by atoms with Gasteiger partial charge in [-0.15, -0.1) is 0 Å². The molecular weight excluding hydrogens is 436 g/mol. The number of sulfone groups is 1. The summed E-state index contributed by atoms with van der Waals surface area (Å²) in [5.41, 5.74) is 1.09. The molecule has 31 heavy (non-hydrogen) atoms. The molecule has 4 rings (SSSR count). The minimum Gasteiger partial charge on any atom is -0.444 e. The van der Waals surface area contributed by atoms with Crippen LogP contribution >= 0.6 is 11.6 Å². The van der Waals surface area contributed by atoms with Gasteiger partial charge in [0.1, 0.15) is 10.8 Å². The van der Waals surface area contributed by atoms with Crippen molar-refractivity contribution in [1.82, 2.24) is 9.88 Å². The molecule has 0 radical (unpaired) electrons. The van der Waals surface area contributed by atoms with Gasteiger partial charge in [-0.25, -0.2) is 18.2 Å². The van der Waals surface area contributed by atoms with E-state index in [1.54, 1.807) is 41.4 Å². The van der Waals surface area contributed by atoms with Crippen LogP contribution in [-0.4, -0.2) is 47.3 Å². The van der Waals surface area contributed by atoms with Crippen molar-refractivity contribution in [3.8, 4) is 0 Å². The minimum absolute atomic E-state index is 0.270. The average molecular weight is 463 g/mol. The van der Waals surface area contributed by atoms with Crippen molar-refractivity contribution in [2.45, 2.75) is 74.3 Å². The van der Waals surface area contributed by atoms with Crippen LogP contribution in [0.4, 0.5) is 4.79 Å². The highest BCUT2D eigenvalue weighted by atomic mass is 35.5. The first-order valence-electron chi connectivity index (χ1n) is 10.4. The minimum atomic E-state index is -3.71. The molecule has 0 aliphatic carbocycles. The topological polar surface area (TPSA) is 76.6 Å². The monoisotopic (exact) mass is 462 g/mol. The Kier molecular flexibility index (Phi) is 5.54. The Morgan fingerprint density at radius 1 is 1.10 bits per heavy atom. The largest absolute Gasteiger partial charge is 0.444 e. The van der Waals surface area contributed by atoms with Gasteiger partial charge in [0, 0.05) is 18.2 Å². The van der Waals surface area contributed by atoms with Crippen molar-refractivity contribution in [2.24, 2.45) is 0 Å². The molecule has 8 heteroatoms. The summed E-state index contributed by atoms with van der Waals surface area (Å²) in [5.74, 6) is -0.401. The highest BCUT2D eigenvalue weighted by Gasteiger charge is 2.61. The van der Waals surface area contributed by atoms with E-state index < -0.39 is 38.7 Å². The smallest absolute Gasteiger partial charge is 0.410 e. The van der Waals surface area contributed by atoms with Crippen molar-refractivity contribution in [3.63, 3.8) is 0 Å². The van der Waals surface area contributed by atoms with Crippen molar-refractivity contribution < 1.29 is 17.9 Å². The Hall–Kier alpha value is -2.12. The zero-order valence-corrected chi connectivity index (χ0v) is 19.7. The number of fused-ring (bicyclic) bond motifs is 2. The highest BCUT2D eigenvalue weighted by molar-refractivity contribution is 7.92. The van der Waals surface area contributed by atoms with Gasteiger partial charge in [0.15, 0.2) is 9.84 Å². The maximum absolute atomic E-state index is 13.8. The number of rotatable bonds is 3. The molecule has 0 unspecified atom stereocenters. The third-order valence-corrected chi connectivity index (χ3v) is 8.54. The molecule has 4 atom stereocenters. The van der Waals surface area contributed by atoms with Gasteiger partial charge in [0.05, 0.1) is 16.2 Å². The number of hydrogen-bond acceptors (Lipinski definition) is 5. The number of benzene rings is 1. The number of hydrogen-bond donors (Lipinski definition) is 0. The molecule has 6 nitrogen and oxygen atoms in total. The lowest BCUT2D eigenvalue weighted by molar-refractivity contribution is 0.0213. The van der Waals surface area contributed by atoms with Crippen LogP contribution in [0.25, 0.3) is 0 Å². The van der Waals surface area contributed by atoms with Crippen LogP contribution in [0, 0.1) is 6.92 Å². The van der Waals surface area contributed by atoms with E-state index in [0.29, 0.717) is 11.6 Å². The van der Waals surface area contributed by atoms with Gasteiger partial charge >= 0.3 is 6.09 Å². The predicted molar refractivity (Wildman–Crippen MR) is 119 cm³/mol. The number of aryl methyl sites for hydroxylation is 1. The summed E-state index contributed by atoms with van der Waals surface area (Å²) in [7, 11) is -3.71. The lowest BCUT2D eigenvalue weighted by Crippen LogP contribution is -2.42. The molecule has 2 aliphatic rings. The first-order chi connectivity index (χ1) is 14.5. The van der Waals surface area contributed by atoms with E-state index in [2.05, 4.69) is 4.98 Å². The Morgan fingerprint density at radius 2 is 1.74 bits per heavy atom. The molecule has 1 amide bonds. The average Bonchev–Trinajstić information content (AvgIpc) is 3.24. The van der Waals surface area contributed by atoms with Crippen LogP contribution in [0.2, 0.25) is 5.15 Å². The number of carbonyl (C=O) groups is 1. The van der Waals surface area contributed by atoms with Gasteiger partial charge < -0.3 is 9.64 Å². The van der Waals surface area contributed by atoms with Crippen LogP contribution in [0.15, 0.2) is 47.5 Å². The summed E-state index contributed by atoms with van der Waals surface area (Å²) in [6.07, 6.45) is 2.50. The molecule has 2 aromatic rings. The number of nitrogens with zero attached hydrogens (tertiary/aromatic N) is 2. The maximum Gasteiger partial charge on any atom is 0.410 e. The lowest BCUT2D eigenvalue weighted by Gasteiger charge is -2.28. The second-order valence-corrected chi connectivity index (χ2v) is 11.9. The van der Waals surface area contributed by atoms with Crippen molar-refractivity contribution >= 4 is 27.5 Å². The zero-order valence-electron chi connectivity index (χ0n) is 18.1. The molecule has 0 spiro atoms. The van der Waals surface area contributed by atoms with Gasteiger partial charge in [0.2, 0.25) is 0 Å². The number of pyridine rings is 1. The van der Waals surface area contributed by atoms with E-state index >= 15 is 0 Å². The number of amides is 1. The van der Waals surface area contributed by atoms with E-state index in [4.69, 9.17) is 16.3 Å². The van der Waals surface area contributed by atoms with Crippen LogP contribution in [-0.2, 0) is 14.6 Å². The third-order valence-electron chi connectivity index (χ3n) is 6.07. The molecule has 2 saturated heterocycles. The van der Waals surface area contributed by atoms with Crippen molar-refractivity contribution in [1.29, 1.82) is 0 Å². The van der Waals surface area contributed by atoms with Crippen LogP contribution in [0.1, 0.15) is 50.7 Å². The SMILES string of the molecule is Cc1ccc(S(=O)(=O)[C@H]2[C@H](c3ccc(Cl)nc3)[C@H]3CC[C@@H]2N3C(=O)OC(C)(C)C)cc1. The molecule has 0 N–H and O–H groups in total. The van der Waals surface area contributed by atoms with E-state index in [1.165, 1.54) is 0 Å². The Labute approximate surface area is 188 Å². The first-order valence-corrected chi connectivity index (χ1v) is 12.3. The first kappa shape index (κ1) is 22.1. The van der Waals surface area contributed by atoms with E-state index in [9.17, 15) is 13.2 Å². The summed E-state index contributed by atoms with van der Waals surface area (Å²) in [5, 5.41) is -0.432. The molecule has 3 heterocycles. The highest BCUT2D eigenvalue weighted by Crippen LogP contribution is 2.51. The second-order valence-electron chi connectivity index (χ2n) is 9.36. The van der Waals surface area contributed by atoms with Crippen molar-refractivity contribution in [3.05, 3.63) is 58.9 Å². The van der Waals surface area contributed by atoms with Gasteiger partial charge in [-0.05, 0) is 64.3 Å². The summed E-state index contributed by atoms with van der Waals surface area (Å²) in [6, 6.07) is 9.63. The Morgan fingerprint density at radius 3 is 2.32 bits per heavy atom. The van der Waals surface area contributed by atoms with Crippen molar-refractivity contribution in [2.75, 3.05) is 0 Å². The van der Waals surface area contributed by atoms with Gasteiger partial charge in [-0.1, -0.05) is 35.4 Å². The number of carbonyl (C=O) groups excluding carboxylic acids is 1. The summed E-state index contributed by atoms with van der Waals surface area (Å²) < 4.78 is 33.3. The van der Waals surface area contributed by atoms with Crippen LogP contribution in [0.5, 0.6) is 0 Å². The summed E-state index contributed by atoms with van der Waals surface area (Å²) >= 11 is 5.97. The van der Waals surface area contributed by atoms with E-state index in [1.807, 2.05) is 33.8 Å². The summed E-state index contributed by atoms with van der Waals surface area (Å²) in [4.78, 5) is 19.2. The summed E-state index contributed by atoms with van der Waals surface area (Å²) in [6.45, 7) is 7.35. The molecule has 1 aromatic heterocycles. The van der Waals surface area contributed by atoms with Gasteiger partial charge in [-0.3, -0.25) is 0 Å². The molecular formula is C23H27ClN2O4S. The van der Waals surface area contributed by atoms with E-state index in [-0.39, 0.29) is 10.9 Å². The molecule has 0 saturated carbocycles. The standard InChI is InChI=1S/C23H27ClN2O4S/c1-14-5-8-16(9-6-14)31(28,29)21-18-11-10-17(26(18)22(27)30-23(2,3)4)20(21)15-7-12-19(24)25-13-15/h5-9,12-13,17-18,20-21H,10-11H2,1-4H3/t17-,18+,20-,21-/m1/s1. The molecule has 166 valence electrons. The van der Waals surface area contributed by atoms with Gasteiger partial charge in [0.25, 0.3) is 0 Å². The second kappa shape index (κ2) is 7.78. The quantitative estimate of drug-likeness (QED) is 0.615.